The number of hydrogen-bond acceptors (Lipinski definition) is 4. The quantitative estimate of drug-likeness (QED) is 0.624. The molecule has 2 heterocycles. The molecular weight excluding hydrogens is 367 g/mol. The fourth-order valence-corrected chi connectivity index (χ4v) is 3.52. The van der Waals surface area contributed by atoms with Crippen molar-refractivity contribution in [2.75, 3.05) is 13.1 Å². The molecule has 0 saturated carbocycles. The number of nitrogens with zero attached hydrogens (tertiary/aromatic N) is 1. The molecule has 0 unspecified atom stereocenters. The van der Waals surface area contributed by atoms with E-state index in [1.54, 1.807) is 12.1 Å². The van der Waals surface area contributed by atoms with E-state index in [4.69, 9.17) is 23.2 Å². The molecule has 2 atom stereocenters. The van der Waals surface area contributed by atoms with Crippen LogP contribution in [0.2, 0.25) is 10.0 Å². The summed E-state index contributed by atoms with van der Waals surface area (Å²) in [6, 6.07) is 4.68. The lowest BCUT2D eigenvalue weighted by molar-refractivity contribution is -0.131. The van der Waals surface area contributed by atoms with Crippen molar-refractivity contribution in [3.8, 4) is 0 Å². The van der Waals surface area contributed by atoms with Crippen LogP contribution in [0.25, 0.3) is 0 Å². The number of amides is 3. The van der Waals surface area contributed by atoms with Crippen molar-refractivity contribution in [3.05, 3.63) is 33.8 Å². The SMILES string of the molecule is O=C(CCCC(=O)N1C[C@@H]2C(=O)NC(=O)[C@@H]2C1)c1ccc(Cl)c(Cl)c1. The Kier molecular flexibility index (Phi) is 5.11. The van der Waals surface area contributed by atoms with Crippen molar-refractivity contribution in [2.45, 2.75) is 19.3 Å². The van der Waals surface area contributed by atoms with Crippen LogP contribution < -0.4 is 5.32 Å². The summed E-state index contributed by atoms with van der Waals surface area (Å²) in [5, 5.41) is 2.98. The highest BCUT2D eigenvalue weighted by Crippen LogP contribution is 2.29. The molecule has 1 aromatic rings. The second-order valence-corrected chi connectivity index (χ2v) is 7.09. The zero-order chi connectivity index (χ0) is 18.1. The van der Waals surface area contributed by atoms with Crippen molar-refractivity contribution in [1.29, 1.82) is 0 Å². The van der Waals surface area contributed by atoms with Crippen LogP contribution in [0.3, 0.4) is 0 Å². The van der Waals surface area contributed by atoms with E-state index >= 15 is 0 Å². The zero-order valence-corrected chi connectivity index (χ0v) is 14.8. The number of benzene rings is 1. The third-order valence-corrected chi connectivity index (χ3v) is 5.37. The van der Waals surface area contributed by atoms with Gasteiger partial charge in [-0.15, -0.1) is 0 Å². The lowest BCUT2D eigenvalue weighted by atomic mass is 10.00. The van der Waals surface area contributed by atoms with Gasteiger partial charge in [-0.05, 0) is 24.6 Å². The molecule has 2 saturated heterocycles. The number of carbonyl (C=O) groups is 4. The number of rotatable bonds is 5. The number of hydrogen-bond donors (Lipinski definition) is 1. The molecule has 2 aliphatic heterocycles. The Morgan fingerprint density at radius 3 is 2.28 bits per heavy atom. The lowest BCUT2D eigenvalue weighted by Gasteiger charge is -2.16. The van der Waals surface area contributed by atoms with Crippen LogP contribution in [-0.2, 0) is 14.4 Å². The van der Waals surface area contributed by atoms with Gasteiger partial charge < -0.3 is 4.90 Å². The Hall–Kier alpha value is -1.92. The van der Waals surface area contributed by atoms with E-state index < -0.39 is 11.8 Å². The highest BCUT2D eigenvalue weighted by Gasteiger charge is 2.48. The molecule has 0 radical (unpaired) electrons. The molecule has 0 bridgehead atoms. The first-order valence-electron chi connectivity index (χ1n) is 7.97. The number of carbonyl (C=O) groups excluding carboxylic acids is 4. The molecule has 3 amide bonds. The minimum atomic E-state index is -0.436. The van der Waals surface area contributed by atoms with Gasteiger partial charge in [-0.3, -0.25) is 24.5 Å². The second kappa shape index (κ2) is 7.14. The average molecular weight is 383 g/mol. The molecule has 2 fully saturated rings. The molecule has 0 aromatic heterocycles. The number of imide groups is 1. The topological polar surface area (TPSA) is 83.6 Å². The van der Waals surface area contributed by atoms with Crippen LogP contribution in [0.5, 0.6) is 0 Å². The average Bonchev–Trinajstić information content (AvgIpc) is 3.12. The summed E-state index contributed by atoms with van der Waals surface area (Å²) in [5.74, 6) is -1.74. The maximum Gasteiger partial charge on any atom is 0.232 e. The van der Waals surface area contributed by atoms with Crippen LogP contribution in [0.1, 0.15) is 29.6 Å². The Balaban J connectivity index is 1.48. The van der Waals surface area contributed by atoms with E-state index in [-0.39, 0.29) is 49.4 Å². The number of likely N-dealkylation sites (tertiary alicyclic amines) is 1. The van der Waals surface area contributed by atoms with Gasteiger partial charge in [0, 0.05) is 31.5 Å². The predicted molar refractivity (Wildman–Crippen MR) is 91.4 cm³/mol. The summed E-state index contributed by atoms with van der Waals surface area (Å²) < 4.78 is 0. The van der Waals surface area contributed by atoms with Gasteiger partial charge in [-0.25, -0.2) is 0 Å². The minimum Gasteiger partial charge on any atom is -0.341 e. The normalized spacial score (nSPS) is 22.1. The molecule has 6 nitrogen and oxygen atoms in total. The zero-order valence-electron chi connectivity index (χ0n) is 13.3. The Labute approximate surface area is 154 Å². The van der Waals surface area contributed by atoms with Gasteiger partial charge in [-0.1, -0.05) is 23.2 Å². The standard InChI is InChI=1S/C17H16Cl2N2O4/c18-12-5-4-9(6-13(12)19)14(22)2-1-3-15(23)21-7-10-11(8-21)17(25)20-16(10)24/h4-6,10-11H,1-3,7-8H2,(H,20,24,25)/t10-,11+. The van der Waals surface area contributed by atoms with Gasteiger partial charge in [0.05, 0.1) is 21.9 Å². The third-order valence-electron chi connectivity index (χ3n) is 4.63. The van der Waals surface area contributed by atoms with Crippen molar-refractivity contribution in [1.82, 2.24) is 10.2 Å². The fraction of sp³-hybridized carbons (Fsp3) is 0.412. The van der Waals surface area contributed by atoms with E-state index in [1.165, 1.54) is 11.0 Å². The maximum atomic E-state index is 12.2. The van der Waals surface area contributed by atoms with Gasteiger partial charge in [-0.2, -0.15) is 0 Å². The Morgan fingerprint density at radius 2 is 1.68 bits per heavy atom. The summed E-state index contributed by atoms with van der Waals surface area (Å²) in [5.41, 5.74) is 0.458. The van der Waals surface area contributed by atoms with E-state index in [0.717, 1.165) is 0 Å². The molecule has 1 aromatic carbocycles. The number of Topliss-reactive ketones (excluding diaryl/α,β-unsaturated/α-hetero) is 1. The van der Waals surface area contributed by atoms with E-state index in [9.17, 15) is 19.2 Å². The summed E-state index contributed by atoms with van der Waals surface area (Å²) in [7, 11) is 0. The van der Waals surface area contributed by atoms with Crippen molar-refractivity contribution in [3.63, 3.8) is 0 Å². The molecule has 132 valence electrons. The smallest absolute Gasteiger partial charge is 0.232 e. The molecule has 1 N–H and O–H groups in total. The number of fused-ring (bicyclic) bond motifs is 1. The van der Waals surface area contributed by atoms with Crippen LogP contribution in [0.4, 0.5) is 0 Å². The Morgan fingerprint density at radius 1 is 1.04 bits per heavy atom. The molecule has 0 spiro atoms. The van der Waals surface area contributed by atoms with E-state index in [1.807, 2.05) is 0 Å². The first kappa shape index (κ1) is 17.9. The largest absolute Gasteiger partial charge is 0.341 e. The monoisotopic (exact) mass is 382 g/mol. The van der Waals surface area contributed by atoms with Gasteiger partial charge >= 0.3 is 0 Å². The van der Waals surface area contributed by atoms with Crippen molar-refractivity contribution < 1.29 is 19.2 Å². The van der Waals surface area contributed by atoms with E-state index in [2.05, 4.69) is 5.32 Å². The highest BCUT2D eigenvalue weighted by molar-refractivity contribution is 6.42. The fourth-order valence-electron chi connectivity index (χ4n) is 3.22. The van der Waals surface area contributed by atoms with Crippen LogP contribution in [-0.4, -0.2) is 41.5 Å². The molecule has 2 aliphatic rings. The highest BCUT2D eigenvalue weighted by atomic mass is 35.5. The third kappa shape index (κ3) is 3.70. The minimum absolute atomic E-state index is 0.112. The summed E-state index contributed by atoms with van der Waals surface area (Å²) >= 11 is 11.7. The summed E-state index contributed by atoms with van der Waals surface area (Å²) in [6.07, 6.45) is 0.802. The second-order valence-electron chi connectivity index (χ2n) is 6.27. The van der Waals surface area contributed by atoms with E-state index in [0.29, 0.717) is 22.0 Å². The van der Waals surface area contributed by atoms with Crippen LogP contribution >= 0.6 is 23.2 Å². The first-order valence-corrected chi connectivity index (χ1v) is 8.73. The number of nitrogens with one attached hydrogen (secondary N) is 1. The molecular formula is C17H16Cl2N2O4. The molecule has 25 heavy (non-hydrogen) atoms. The summed E-state index contributed by atoms with van der Waals surface area (Å²) in [4.78, 5) is 49.1. The molecule has 8 heteroatoms. The first-order chi connectivity index (χ1) is 11.9. The van der Waals surface area contributed by atoms with Crippen molar-refractivity contribution in [2.24, 2.45) is 11.8 Å². The van der Waals surface area contributed by atoms with Crippen LogP contribution in [0, 0.1) is 11.8 Å². The molecule has 3 rings (SSSR count). The molecule has 0 aliphatic carbocycles. The number of ketones is 1. The summed E-state index contributed by atoms with van der Waals surface area (Å²) in [6.45, 7) is 0.531. The van der Waals surface area contributed by atoms with Gasteiger partial charge in [0.25, 0.3) is 0 Å². The van der Waals surface area contributed by atoms with Gasteiger partial charge in [0.2, 0.25) is 17.7 Å². The lowest BCUT2D eigenvalue weighted by Crippen LogP contribution is -2.35. The van der Waals surface area contributed by atoms with Crippen molar-refractivity contribution >= 4 is 46.7 Å². The van der Waals surface area contributed by atoms with Gasteiger partial charge in [0.15, 0.2) is 5.78 Å². The maximum absolute atomic E-state index is 12.2. The van der Waals surface area contributed by atoms with Gasteiger partial charge in [0.1, 0.15) is 0 Å². The number of halogens is 2. The predicted octanol–water partition coefficient (Wildman–Crippen LogP) is 2.08. The van der Waals surface area contributed by atoms with Crippen LogP contribution in [0.15, 0.2) is 18.2 Å². The Bertz CT molecular complexity index is 743.